The summed E-state index contributed by atoms with van der Waals surface area (Å²) in [6.07, 6.45) is 0. The zero-order chi connectivity index (χ0) is 13.7. The molecule has 1 saturated heterocycles. The molecule has 1 atom stereocenters. The molecular weight excluding hydrogens is 254 g/mol. The molecule has 2 heterocycles. The smallest absolute Gasteiger partial charge is 0.0461 e. The van der Waals surface area contributed by atoms with Crippen LogP contribution in [0.15, 0.2) is 17.5 Å². The third-order valence-electron chi connectivity index (χ3n) is 3.92. The molecule has 1 aromatic heterocycles. The molecule has 1 N–H and O–H groups in total. The number of hydrogen-bond acceptors (Lipinski definition) is 4. The number of hydrogen-bond donors (Lipinski definition) is 1. The first kappa shape index (κ1) is 15.0. The highest BCUT2D eigenvalue weighted by atomic mass is 32.1. The van der Waals surface area contributed by atoms with Crippen LogP contribution in [0.4, 0.5) is 0 Å². The Balaban J connectivity index is 1.87. The second-order valence-corrected chi connectivity index (χ2v) is 6.76. The molecule has 0 bridgehead atoms. The van der Waals surface area contributed by atoms with E-state index in [1.54, 1.807) is 0 Å². The van der Waals surface area contributed by atoms with E-state index in [0.29, 0.717) is 12.0 Å². The van der Waals surface area contributed by atoms with Gasteiger partial charge in [-0.2, -0.15) is 0 Å². The summed E-state index contributed by atoms with van der Waals surface area (Å²) in [5.41, 5.74) is 0. The van der Waals surface area contributed by atoms with Gasteiger partial charge in [-0.3, -0.25) is 9.80 Å². The lowest BCUT2D eigenvalue weighted by Crippen LogP contribution is -2.46. The van der Waals surface area contributed by atoms with Crippen LogP contribution in [0.3, 0.4) is 0 Å². The highest BCUT2D eigenvalue weighted by Crippen LogP contribution is 2.30. The first-order valence-electron chi connectivity index (χ1n) is 7.35. The zero-order valence-corrected chi connectivity index (χ0v) is 13.2. The fourth-order valence-electron chi connectivity index (χ4n) is 2.89. The minimum absolute atomic E-state index is 0.558. The number of piperazine rings is 1. The molecular formula is C15H27N3S. The summed E-state index contributed by atoms with van der Waals surface area (Å²) < 4.78 is 0. The Morgan fingerprint density at radius 3 is 2.68 bits per heavy atom. The van der Waals surface area contributed by atoms with Crippen molar-refractivity contribution >= 4 is 11.3 Å². The minimum atomic E-state index is 0.558. The first-order chi connectivity index (χ1) is 9.18. The Bertz CT molecular complexity index is 344. The van der Waals surface area contributed by atoms with Gasteiger partial charge in [0.15, 0.2) is 0 Å². The van der Waals surface area contributed by atoms with Gasteiger partial charge in [-0.15, -0.1) is 11.3 Å². The van der Waals surface area contributed by atoms with Crippen LogP contribution in [0.2, 0.25) is 0 Å². The normalized spacial score (nSPS) is 19.2. The van der Waals surface area contributed by atoms with Gasteiger partial charge in [0.2, 0.25) is 0 Å². The third-order valence-corrected chi connectivity index (χ3v) is 4.86. The van der Waals surface area contributed by atoms with Crippen LogP contribution >= 0.6 is 11.3 Å². The summed E-state index contributed by atoms with van der Waals surface area (Å²) >= 11 is 1.88. The van der Waals surface area contributed by atoms with Crippen LogP contribution in [0.25, 0.3) is 0 Å². The molecule has 1 fully saturated rings. The molecule has 0 spiro atoms. The van der Waals surface area contributed by atoms with Crippen LogP contribution in [0, 0.1) is 5.92 Å². The standard InChI is InChI=1S/C15H27N3S/c1-13(2)15(14-5-4-12-19-14)17(3)10-11-18-8-6-16-7-9-18/h4-5,12-13,15-16H,6-11H2,1-3H3. The van der Waals surface area contributed by atoms with Crippen molar-refractivity contribution in [2.75, 3.05) is 46.3 Å². The van der Waals surface area contributed by atoms with Crippen molar-refractivity contribution in [1.82, 2.24) is 15.1 Å². The first-order valence-corrected chi connectivity index (χ1v) is 8.23. The molecule has 108 valence electrons. The lowest BCUT2D eigenvalue weighted by Gasteiger charge is -2.34. The Kier molecular flexibility index (Phi) is 5.82. The van der Waals surface area contributed by atoms with Crippen molar-refractivity contribution < 1.29 is 0 Å². The van der Waals surface area contributed by atoms with Gasteiger partial charge in [-0.25, -0.2) is 0 Å². The van der Waals surface area contributed by atoms with Gasteiger partial charge < -0.3 is 5.32 Å². The molecule has 1 aliphatic heterocycles. The van der Waals surface area contributed by atoms with Crippen LogP contribution in [0.5, 0.6) is 0 Å². The predicted octanol–water partition coefficient (Wildman–Crippen LogP) is 2.28. The minimum Gasteiger partial charge on any atom is -0.314 e. The van der Waals surface area contributed by atoms with Crippen molar-refractivity contribution in [1.29, 1.82) is 0 Å². The Labute approximate surface area is 121 Å². The van der Waals surface area contributed by atoms with Gasteiger partial charge >= 0.3 is 0 Å². The molecule has 1 aliphatic rings. The number of rotatable bonds is 6. The number of thiophene rings is 1. The van der Waals surface area contributed by atoms with E-state index in [4.69, 9.17) is 0 Å². The van der Waals surface area contributed by atoms with Gasteiger partial charge in [-0.05, 0) is 24.4 Å². The Morgan fingerprint density at radius 1 is 1.37 bits per heavy atom. The quantitative estimate of drug-likeness (QED) is 0.863. The Morgan fingerprint density at radius 2 is 2.11 bits per heavy atom. The van der Waals surface area contributed by atoms with E-state index in [2.05, 4.69) is 53.5 Å². The van der Waals surface area contributed by atoms with Crippen molar-refractivity contribution in [2.24, 2.45) is 5.92 Å². The van der Waals surface area contributed by atoms with E-state index in [9.17, 15) is 0 Å². The lowest BCUT2D eigenvalue weighted by molar-refractivity contribution is 0.154. The predicted molar refractivity (Wildman–Crippen MR) is 83.8 cm³/mol. The molecule has 19 heavy (non-hydrogen) atoms. The Hall–Kier alpha value is -0.420. The van der Waals surface area contributed by atoms with Crippen molar-refractivity contribution in [3.05, 3.63) is 22.4 Å². The largest absolute Gasteiger partial charge is 0.314 e. The zero-order valence-electron chi connectivity index (χ0n) is 12.4. The van der Waals surface area contributed by atoms with Crippen LogP contribution in [-0.2, 0) is 0 Å². The second-order valence-electron chi connectivity index (χ2n) is 5.78. The molecule has 0 amide bonds. The van der Waals surface area contributed by atoms with Gasteiger partial charge in [-0.1, -0.05) is 19.9 Å². The average molecular weight is 281 g/mol. The number of nitrogens with one attached hydrogen (secondary N) is 1. The molecule has 0 saturated carbocycles. The molecule has 4 heteroatoms. The van der Waals surface area contributed by atoms with Crippen LogP contribution in [0.1, 0.15) is 24.8 Å². The van der Waals surface area contributed by atoms with Gasteiger partial charge in [0, 0.05) is 50.2 Å². The van der Waals surface area contributed by atoms with Crippen LogP contribution in [-0.4, -0.2) is 56.1 Å². The van der Waals surface area contributed by atoms with Crippen LogP contribution < -0.4 is 5.32 Å². The van der Waals surface area contributed by atoms with E-state index >= 15 is 0 Å². The summed E-state index contributed by atoms with van der Waals surface area (Å²) in [5, 5.41) is 5.60. The molecule has 3 nitrogen and oxygen atoms in total. The molecule has 2 rings (SSSR count). The van der Waals surface area contributed by atoms with E-state index in [0.717, 1.165) is 19.6 Å². The van der Waals surface area contributed by atoms with E-state index < -0.39 is 0 Å². The van der Waals surface area contributed by atoms with Gasteiger partial charge in [0.1, 0.15) is 0 Å². The van der Waals surface area contributed by atoms with Crippen molar-refractivity contribution in [3.8, 4) is 0 Å². The third kappa shape index (κ3) is 4.28. The summed E-state index contributed by atoms with van der Waals surface area (Å²) in [4.78, 5) is 6.59. The number of nitrogens with zero attached hydrogens (tertiary/aromatic N) is 2. The molecule has 1 aromatic rings. The topological polar surface area (TPSA) is 18.5 Å². The summed E-state index contributed by atoms with van der Waals surface area (Å²) in [6.45, 7) is 11.7. The van der Waals surface area contributed by atoms with Gasteiger partial charge in [0.25, 0.3) is 0 Å². The maximum absolute atomic E-state index is 3.41. The summed E-state index contributed by atoms with van der Waals surface area (Å²) in [5.74, 6) is 0.659. The van der Waals surface area contributed by atoms with Gasteiger partial charge in [0.05, 0.1) is 0 Å². The second kappa shape index (κ2) is 7.39. The average Bonchev–Trinajstić information content (AvgIpc) is 2.91. The molecule has 1 unspecified atom stereocenters. The van der Waals surface area contributed by atoms with E-state index in [1.807, 2.05) is 11.3 Å². The lowest BCUT2D eigenvalue weighted by atomic mass is 10.0. The summed E-state index contributed by atoms with van der Waals surface area (Å²) in [6, 6.07) is 5.00. The van der Waals surface area contributed by atoms with E-state index in [-0.39, 0.29) is 0 Å². The fraction of sp³-hybridized carbons (Fsp3) is 0.733. The highest BCUT2D eigenvalue weighted by Gasteiger charge is 2.22. The monoisotopic (exact) mass is 281 g/mol. The SMILES string of the molecule is CC(C)C(c1cccs1)N(C)CCN1CCNCC1. The van der Waals surface area contributed by atoms with Crippen molar-refractivity contribution in [2.45, 2.75) is 19.9 Å². The molecule has 0 aliphatic carbocycles. The van der Waals surface area contributed by atoms with Crippen molar-refractivity contribution in [3.63, 3.8) is 0 Å². The molecule has 0 radical (unpaired) electrons. The summed E-state index contributed by atoms with van der Waals surface area (Å²) in [7, 11) is 2.27. The maximum atomic E-state index is 3.41. The maximum Gasteiger partial charge on any atom is 0.0461 e. The molecule has 0 aromatic carbocycles. The fourth-order valence-corrected chi connectivity index (χ4v) is 3.95. The number of likely N-dealkylation sites (N-methyl/N-ethyl adjacent to an activating group) is 1. The highest BCUT2D eigenvalue weighted by molar-refractivity contribution is 7.10. The van der Waals surface area contributed by atoms with E-state index in [1.165, 1.54) is 24.5 Å².